The molecule has 0 radical (unpaired) electrons. The highest BCUT2D eigenvalue weighted by atomic mass is 79.9. The van der Waals surface area contributed by atoms with Crippen LogP contribution < -0.4 is 15.2 Å². The predicted molar refractivity (Wildman–Crippen MR) is 75.7 cm³/mol. The third-order valence-corrected chi connectivity index (χ3v) is 4.61. The second-order valence-corrected chi connectivity index (χ2v) is 6.18. The third-order valence-electron chi connectivity index (χ3n) is 4.00. The molecule has 0 atom stereocenters. The molecular weight excluding hydrogens is 310 g/mol. The van der Waals surface area contributed by atoms with Crippen LogP contribution in [0, 0.1) is 0 Å². The average molecular weight is 328 g/mol. The quantitative estimate of drug-likeness (QED) is 0.832. The van der Waals surface area contributed by atoms with Crippen molar-refractivity contribution in [2.24, 2.45) is 5.73 Å². The van der Waals surface area contributed by atoms with Crippen LogP contribution in [0.1, 0.15) is 37.7 Å². The molecule has 0 spiro atoms. The summed E-state index contributed by atoms with van der Waals surface area (Å²) in [5, 5.41) is 10.4. The number of hydrogen-bond acceptors (Lipinski definition) is 4. The van der Waals surface area contributed by atoms with Crippen molar-refractivity contribution >= 4 is 15.9 Å². The van der Waals surface area contributed by atoms with Gasteiger partial charge in [0.05, 0.1) is 10.0 Å². The summed E-state index contributed by atoms with van der Waals surface area (Å²) in [6, 6.07) is 1.75. The Kier molecular flexibility index (Phi) is 3.35. The van der Waals surface area contributed by atoms with Crippen LogP contribution in [-0.2, 0) is 5.54 Å². The van der Waals surface area contributed by atoms with Crippen LogP contribution in [0.2, 0.25) is 0 Å². The summed E-state index contributed by atoms with van der Waals surface area (Å²) < 4.78 is 12.0. The van der Waals surface area contributed by atoms with Crippen molar-refractivity contribution in [3.05, 3.63) is 16.1 Å². The van der Waals surface area contributed by atoms with Crippen LogP contribution in [-0.4, -0.2) is 18.3 Å². The van der Waals surface area contributed by atoms with Gasteiger partial charge in [0.2, 0.25) is 0 Å². The lowest BCUT2D eigenvalue weighted by molar-refractivity contribution is 0.162. The van der Waals surface area contributed by atoms with Gasteiger partial charge in [-0.25, -0.2) is 0 Å². The SMILES string of the molecule is NC1(c2c(O)c(Br)cc3c2OCCO3)CCCCC1. The summed E-state index contributed by atoms with van der Waals surface area (Å²) in [5.74, 6) is 1.48. The molecule has 2 aliphatic rings. The molecule has 104 valence electrons. The van der Waals surface area contributed by atoms with Crippen molar-refractivity contribution < 1.29 is 14.6 Å². The van der Waals surface area contributed by atoms with E-state index in [9.17, 15) is 5.11 Å². The average Bonchev–Trinajstić information content (AvgIpc) is 2.40. The van der Waals surface area contributed by atoms with Crippen molar-refractivity contribution in [3.8, 4) is 17.2 Å². The molecule has 0 aromatic heterocycles. The number of ether oxygens (including phenoxy) is 2. The summed E-state index contributed by atoms with van der Waals surface area (Å²) in [7, 11) is 0. The molecule has 3 rings (SSSR count). The van der Waals surface area contributed by atoms with Gasteiger partial charge in [-0.05, 0) is 28.8 Å². The fraction of sp³-hybridized carbons (Fsp3) is 0.571. The molecule has 0 saturated heterocycles. The van der Waals surface area contributed by atoms with Gasteiger partial charge in [0, 0.05) is 11.6 Å². The summed E-state index contributed by atoms with van der Waals surface area (Å²) in [5.41, 5.74) is 6.75. The lowest BCUT2D eigenvalue weighted by Gasteiger charge is -2.37. The van der Waals surface area contributed by atoms with E-state index in [2.05, 4.69) is 15.9 Å². The van der Waals surface area contributed by atoms with E-state index in [1.807, 2.05) is 0 Å². The Morgan fingerprint density at radius 1 is 1.16 bits per heavy atom. The highest BCUT2D eigenvalue weighted by Crippen LogP contribution is 2.51. The molecule has 0 bridgehead atoms. The second-order valence-electron chi connectivity index (χ2n) is 5.32. The number of nitrogens with two attached hydrogens (primary N) is 1. The Hall–Kier alpha value is -0.940. The van der Waals surface area contributed by atoms with Crippen molar-refractivity contribution in [1.29, 1.82) is 0 Å². The van der Waals surface area contributed by atoms with Gasteiger partial charge in [-0.3, -0.25) is 0 Å². The third kappa shape index (κ3) is 2.19. The summed E-state index contributed by atoms with van der Waals surface area (Å²) >= 11 is 3.37. The number of phenols is 1. The van der Waals surface area contributed by atoms with Crippen LogP contribution in [0.3, 0.4) is 0 Å². The van der Waals surface area contributed by atoms with Gasteiger partial charge in [0.1, 0.15) is 19.0 Å². The molecule has 19 heavy (non-hydrogen) atoms. The number of benzene rings is 1. The van der Waals surface area contributed by atoms with Crippen LogP contribution in [0.5, 0.6) is 17.2 Å². The van der Waals surface area contributed by atoms with E-state index in [4.69, 9.17) is 15.2 Å². The van der Waals surface area contributed by atoms with E-state index in [1.54, 1.807) is 6.07 Å². The fourth-order valence-electron chi connectivity index (χ4n) is 3.04. The van der Waals surface area contributed by atoms with Crippen LogP contribution in [0.25, 0.3) is 0 Å². The first kappa shape index (κ1) is 13.1. The smallest absolute Gasteiger partial charge is 0.170 e. The molecular formula is C14H18BrNO3. The standard InChI is InChI=1S/C14H18BrNO3/c15-9-8-10-13(19-7-6-18-10)11(12(9)17)14(16)4-2-1-3-5-14/h8,17H,1-7,16H2. The lowest BCUT2D eigenvalue weighted by atomic mass is 9.76. The van der Waals surface area contributed by atoms with Gasteiger partial charge < -0.3 is 20.3 Å². The molecule has 4 nitrogen and oxygen atoms in total. The van der Waals surface area contributed by atoms with Gasteiger partial charge in [-0.15, -0.1) is 0 Å². The molecule has 1 aliphatic heterocycles. The first-order valence-corrected chi connectivity index (χ1v) is 7.51. The molecule has 1 aliphatic carbocycles. The molecule has 1 saturated carbocycles. The highest BCUT2D eigenvalue weighted by Gasteiger charge is 2.38. The van der Waals surface area contributed by atoms with Gasteiger partial charge in [-0.1, -0.05) is 19.3 Å². The van der Waals surface area contributed by atoms with Crippen molar-refractivity contribution in [2.45, 2.75) is 37.6 Å². The number of aromatic hydroxyl groups is 1. The van der Waals surface area contributed by atoms with E-state index in [0.29, 0.717) is 34.7 Å². The van der Waals surface area contributed by atoms with Gasteiger partial charge >= 0.3 is 0 Å². The monoisotopic (exact) mass is 327 g/mol. The Balaban J connectivity index is 2.15. The first-order valence-electron chi connectivity index (χ1n) is 6.72. The topological polar surface area (TPSA) is 64.7 Å². The maximum absolute atomic E-state index is 10.4. The molecule has 1 aromatic carbocycles. The van der Waals surface area contributed by atoms with Gasteiger partial charge in [0.25, 0.3) is 0 Å². The Bertz CT molecular complexity index is 498. The molecule has 1 fully saturated rings. The minimum atomic E-state index is -0.517. The van der Waals surface area contributed by atoms with E-state index in [-0.39, 0.29) is 5.75 Å². The van der Waals surface area contributed by atoms with Gasteiger partial charge in [-0.2, -0.15) is 0 Å². The highest BCUT2D eigenvalue weighted by molar-refractivity contribution is 9.10. The van der Waals surface area contributed by atoms with Crippen molar-refractivity contribution in [3.63, 3.8) is 0 Å². The number of hydrogen-bond donors (Lipinski definition) is 2. The zero-order valence-electron chi connectivity index (χ0n) is 10.7. The molecule has 0 amide bonds. The van der Waals surface area contributed by atoms with E-state index >= 15 is 0 Å². The number of fused-ring (bicyclic) bond motifs is 1. The molecule has 1 heterocycles. The van der Waals surface area contributed by atoms with Gasteiger partial charge in [0.15, 0.2) is 11.5 Å². The van der Waals surface area contributed by atoms with Crippen molar-refractivity contribution in [2.75, 3.05) is 13.2 Å². The first-order chi connectivity index (χ1) is 9.12. The maximum Gasteiger partial charge on any atom is 0.170 e. The number of phenolic OH excluding ortho intramolecular Hbond substituents is 1. The van der Waals surface area contributed by atoms with E-state index in [0.717, 1.165) is 25.7 Å². The molecule has 3 N–H and O–H groups in total. The molecule has 1 aromatic rings. The summed E-state index contributed by atoms with van der Waals surface area (Å²) in [6.45, 7) is 1.03. The lowest BCUT2D eigenvalue weighted by Crippen LogP contribution is -2.39. The predicted octanol–water partition coefficient (Wildman–Crippen LogP) is 3.04. The summed E-state index contributed by atoms with van der Waals surface area (Å²) in [4.78, 5) is 0. The minimum Gasteiger partial charge on any atom is -0.506 e. The second kappa shape index (κ2) is 4.87. The zero-order chi connectivity index (χ0) is 13.5. The molecule has 5 heteroatoms. The van der Waals surface area contributed by atoms with E-state index < -0.39 is 5.54 Å². The van der Waals surface area contributed by atoms with Crippen LogP contribution >= 0.6 is 15.9 Å². The minimum absolute atomic E-state index is 0.189. The number of halogens is 1. The van der Waals surface area contributed by atoms with Crippen LogP contribution in [0.15, 0.2) is 10.5 Å². The Labute approximate surface area is 121 Å². The summed E-state index contributed by atoms with van der Waals surface area (Å²) in [6.07, 6.45) is 5.10. The van der Waals surface area contributed by atoms with E-state index in [1.165, 1.54) is 6.42 Å². The largest absolute Gasteiger partial charge is 0.506 e. The molecule has 0 unspecified atom stereocenters. The number of rotatable bonds is 1. The van der Waals surface area contributed by atoms with Crippen LogP contribution in [0.4, 0.5) is 0 Å². The fourth-order valence-corrected chi connectivity index (χ4v) is 3.45. The van der Waals surface area contributed by atoms with Crippen molar-refractivity contribution in [1.82, 2.24) is 0 Å². The zero-order valence-corrected chi connectivity index (χ0v) is 12.3. The Morgan fingerprint density at radius 3 is 2.58 bits per heavy atom. The Morgan fingerprint density at radius 2 is 1.84 bits per heavy atom. The maximum atomic E-state index is 10.4. The normalized spacial score (nSPS) is 21.2.